The number of ether oxygens (including phenoxy) is 1. The Morgan fingerprint density at radius 1 is 1.14 bits per heavy atom. The Morgan fingerprint density at radius 3 is 2.38 bits per heavy atom. The second-order valence-corrected chi connectivity index (χ2v) is 7.41. The summed E-state index contributed by atoms with van der Waals surface area (Å²) < 4.78 is 6.22. The standard InChI is InChI=1S/C15H15Cl2IN2O/c1-15(2,3)12-11(18)13(17)20-14(19-12)10-8(16)6-5-7-9(10)21-4/h5-7H,1-4H3. The first-order valence-corrected chi connectivity index (χ1v) is 8.15. The van der Waals surface area contributed by atoms with Crippen LogP contribution in [0.1, 0.15) is 26.5 Å². The fourth-order valence-electron chi connectivity index (χ4n) is 1.92. The Labute approximate surface area is 148 Å². The van der Waals surface area contributed by atoms with Crippen molar-refractivity contribution in [3.63, 3.8) is 0 Å². The molecule has 0 aliphatic carbocycles. The van der Waals surface area contributed by atoms with E-state index in [9.17, 15) is 0 Å². The van der Waals surface area contributed by atoms with Gasteiger partial charge in [-0.15, -0.1) is 0 Å². The van der Waals surface area contributed by atoms with Crippen LogP contribution < -0.4 is 4.74 Å². The molecular formula is C15H15Cl2IN2O. The second kappa shape index (κ2) is 6.26. The van der Waals surface area contributed by atoms with Crippen LogP contribution in [0, 0.1) is 3.57 Å². The predicted octanol–water partition coefficient (Wildman–Crippen LogP) is 5.36. The molecule has 0 aliphatic heterocycles. The van der Waals surface area contributed by atoms with Crippen LogP contribution in [0.2, 0.25) is 10.2 Å². The summed E-state index contributed by atoms with van der Waals surface area (Å²) in [4.78, 5) is 9.05. The number of nitrogens with zero attached hydrogens (tertiary/aromatic N) is 2. The Hall–Kier alpha value is -0.590. The summed E-state index contributed by atoms with van der Waals surface area (Å²) in [6.45, 7) is 6.25. The number of hydrogen-bond donors (Lipinski definition) is 0. The van der Waals surface area contributed by atoms with E-state index in [1.807, 2.05) is 12.1 Å². The van der Waals surface area contributed by atoms with Crippen LogP contribution in [-0.4, -0.2) is 17.1 Å². The topological polar surface area (TPSA) is 35.0 Å². The molecule has 2 aromatic rings. The number of hydrogen-bond acceptors (Lipinski definition) is 3. The van der Waals surface area contributed by atoms with Gasteiger partial charge in [0.2, 0.25) is 0 Å². The van der Waals surface area contributed by atoms with Crippen molar-refractivity contribution >= 4 is 45.8 Å². The van der Waals surface area contributed by atoms with E-state index in [-0.39, 0.29) is 5.41 Å². The lowest BCUT2D eigenvalue weighted by Gasteiger charge is -2.21. The molecule has 0 N–H and O–H groups in total. The Bertz CT molecular complexity index is 684. The first-order chi connectivity index (χ1) is 9.75. The van der Waals surface area contributed by atoms with E-state index in [2.05, 4.69) is 53.3 Å². The maximum Gasteiger partial charge on any atom is 0.166 e. The summed E-state index contributed by atoms with van der Waals surface area (Å²) in [5, 5.41) is 0.957. The molecule has 0 saturated heterocycles. The maximum absolute atomic E-state index is 6.30. The van der Waals surface area contributed by atoms with Crippen molar-refractivity contribution in [2.24, 2.45) is 0 Å². The maximum atomic E-state index is 6.30. The van der Waals surface area contributed by atoms with Gasteiger partial charge in [-0.25, -0.2) is 9.97 Å². The molecule has 0 bridgehead atoms. The molecule has 0 atom stereocenters. The molecule has 21 heavy (non-hydrogen) atoms. The van der Waals surface area contributed by atoms with Crippen molar-refractivity contribution in [1.82, 2.24) is 9.97 Å². The molecule has 3 nitrogen and oxygen atoms in total. The third kappa shape index (κ3) is 3.43. The Morgan fingerprint density at radius 2 is 1.81 bits per heavy atom. The predicted molar refractivity (Wildman–Crippen MR) is 95.5 cm³/mol. The molecule has 112 valence electrons. The van der Waals surface area contributed by atoms with Gasteiger partial charge >= 0.3 is 0 Å². The summed E-state index contributed by atoms with van der Waals surface area (Å²) in [6.07, 6.45) is 0. The van der Waals surface area contributed by atoms with Gasteiger partial charge in [0, 0.05) is 5.41 Å². The zero-order valence-electron chi connectivity index (χ0n) is 12.2. The van der Waals surface area contributed by atoms with E-state index in [0.29, 0.717) is 27.3 Å². The van der Waals surface area contributed by atoms with Gasteiger partial charge in [0.15, 0.2) is 5.82 Å². The summed E-state index contributed by atoms with van der Waals surface area (Å²) >= 11 is 14.7. The summed E-state index contributed by atoms with van der Waals surface area (Å²) in [5.41, 5.74) is 1.40. The van der Waals surface area contributed by atoms with Crippen LogP contribution in [0.25, 0.3) is 11.4 Å². The van der Waals surface area contributed by atoms with E-state index in [0.717, 1.165) is 9.26 Å². The van der Waals surface area contributed by atoms with Gasteiger partial charge < -0.3 is 4.74 Å². The number of halogens is 3. The lowest BCUT2D eigenvalue weighted by atomic mass is 9.92. The first-order valence-electron chi connectivity index (χ1n) is 6.32. The molecule has 1 aromatic carbocycles. The van der Waals surface area contributed by atoms with Gasteiger partial charge in [-0.05, 0) is 34.7 Å². The Kier molecular flexibility index (Phi) is 5.00. The molecule has 0 unspecified atom stereocenters. The van der Waals surface area contributed by atoms with Crippen molar-refractivity contribution in [1.29, 1.82) is 0 Å². The van der Waals surface area contributed by atoms with E-state index < -0.39 is 0 Å². The fraction of sp³-hybridized carbons (Fsp3) is 0.333. The highest BCUT2D eigenvalue weighted by Gasteiger charge is 2.24. The van der Waals surface area contributed by atoms with Crippen LogP contribution in [-0.2, 0) is 5.41 Å². The minimum absolute atomic E-state index is 0.146. The van der Waals surface area contributed by atoms with E-state index in [1.165, 1.54) is 0 Å². The zero-order valence-corrected chi connectivity index (χ0v) is 15.8. The van der Waals surface area contributed by atoms with Gasteiger partial charge in [0.25, 0.3) is 0 Å². The van der Waals surface area contributed by atoms with Crippen LogP contribution in [0.4, 0.5) is 0 Å². The van der Waals surface area contributed by atoms with Crippen LogP contribution in [0.5, 0.6) is 5.75 Å². The second-order valence-electron chi connectivity index (χ2n) is 5.57. The molecule has 0 amide bonds. The SMILES string of the molecule is COc1cccc(Cl)c1-c1nc(Cl)c(I)c(C(C)(C)C)n1. The smallest absolute Gasteiger partial charge is 0.166 e. The van der Waals surface area contributed by atoms with E-state index >= 15 is 0 Å². The fourth-order valence-corrected chi connectivity index (χ4v) is 3.39. The quantitative estimate of drug-likeness (QED) is 0.469. The highest BCUT2D eigenvalue weighted by atomic mass is 127. The minimum atomic E-state index is -0.146. The number of benzene rings is 1. The highest BCUT2D eigenvalue weighted by Crippen LogP contribution is 2.37. The number of methoxy groups -OCH3 is 1. The van der Waals surface area contributed by atoms with Crippen LogP contribution in [0.15, 0.2) is 18.2 Å². The summed E-state index contributed by atoms with van der Waals surface area (Å²) in [7, 11) is 1.59. The molecule has 2 rings (SSSR count). The average molecular weight is 437 g/mol. The molecule has 0 fully saturated rings. The largest absolute Gasteiger partial charge is 0.496 e. The van der Waals surface area contributed by atoms with Gasteiger partial charge in [-0.3, -0.25) is 0 Å². The molecule has 6 heteroatoms. The van der Waals surface area contributed by atoms with Crippen molar-refractivity contribution in [2.75, 3.05) is 7.11 Å². The molecule has 0 saturated carbocycles. The third-order valence-corrected chi connectivity index (χ3v) is 4.87. The molecule has 1 heterocycles. The van der Waals surface area contributed by atoms with Crippen molar-refractivity contribution in [3.8, 4) is 17.1 Å². The van der Waals surface area contributed by atoms with E-state index in [1.54, 1.807) is 13.2 Å². The van der Waals surface area contributed by atoms with Gasteiger partial charge in [-0.1, -0.05) is 50.0 Å². The van der Waals surface area contributed by atoms with Gasteiger partial charge in [-0.2, -0.15) is 0 Å². The van der Waals surface area contributed by atoms with Crippen molar-refractivity contribution < 1.29 is 4.74 Å². The normalized spacial score (nSPS) is 11.6. The average Bonchev–Trinajstić information content (AvgIpc) is 2.40. The van der Waals surface area contributed by atoms with Gasteiger partial charge in [0.05, 0.1) is 27.0 Å². The Balaban J connectivity index is 2.75. The monoisotopic (exact) mass is 436 g/mol. The van der Waals surface area contributed by atoms with E-state index in [4.69, 9.17) is 27.9 Å². The first kappa shape index (κ1) is 16.8. The van der Waals surface area contributed by atoms with Crippen LogP contribution in [0.3, 0.4) is 0 Å². The van der Waals surface area contributed by atoms with Crippen molar-refractivity contribution in [3.05, 3.63) is 37.6 Å². The van der Waals surface area contributed by atoms with Gasteiger partial charge in [0.1, 0.15) is 10.9 Å². The number of rotatable bonds is 2. The van der Waals surface area contributed by atoms with Crippen LogP contribution >= 0.6 is 45.8 Å². The highest BCUT2D eigenvalue weighted by molar-refractivity contribution is 14.1. The molecule has 0 radical (unpaired) electrons. The summed E-state index contributed by atoms with van der Waals surface area (Å²) in [6, 6.07) is 5.43. The molecule has 0 aliphatic rings. The zero-order chi connectivity index (χ0) is 15.8. The summed E-state index contributed by atoms with van der Waals surface area (Å²) in [5.74, 6) is 1.10. The lowest BCUT2D eigenvalue weighted by Crippen LogP contribution is -2.17. The molecular weight excluding hydrogens is 422 g/mol. The van der Waals surface area contributed by atoms with Crippen molar-refractivity contribution in [2.45, 2.75) is 26.2 Å². The minimum Gasteiger partial charge on any atom is -0.496 e. The number of aromatic nitrogens is 2. The molecule has 1 aromatic heterocycles. The molecule has 0 spiro atoms. The lowest BCUT2D eigenvalue weighted by molar-refractivity contribution is 0.416. The third-order valence-electron chi connectivity index (χ3n) is 2.94.